The second-order valence-electron chi connectivity index (χ2n) is 6.00. The summed E-state index contributed by atoms with van der Waals surface area (Å²) in [7, 11) is -3.90. The molecule has 0 saturated heterocycles. The van der Waals surface area contributed by atoms with Crippen LogP contribution >= 0.6 is 0 Å². The van der Waals surface area contributed by atoms with E-state index >= 15 is 0 Å². The van der Waals surface area contributed by atoms with Crippen LogP contribution in [0.4, 0.5) is 16.0 Å². The minimum Gasteiger partial charge on any atom is -0.323 e. The van der Waals surface area contributed by atoms with Crippen LogP contribution in [0.25, 0.3) is 22.0 Å². The monoisotopic (exact) mass is 395 g/mol. The first-order valence-corrected chi connectivity index (χ1v) is 9.72. The number of hydrogen-bond donors (Lipinski definition) is 2. The second kappa shape index (κ2) is 6.95. The summed E-state index contributed by atoms with van der Waals surface area (Å²) in [6, 6.07) is 14.7. The van der Waals surface area contributed by atoms with E-state index in [9.17, 15) is 12.8 Å². The molecule has 0 amide bonds. The number of halogens is 1. The van der Waals surface area contributed by atoms with Crippen LogP contribution in [0.5, 0.6) is 0 Å². The van der Waals surface area contributed by atoms with Gasteiger partial charge in [0.25, 0.3) is 0 Å². The van der Waals surface area contributed by atoms with Gasteiger partial charge in [-0.3, -0.25) is 0 Å². The van der Waals surface area contributed by atoms with Gasteiger partial charge in [-0.05, 0) is 35.9 Å². The van der Waals surface area contributed by atoms with E-state index in [1.54, 1.807) is 30.5 Å². The van der Waals surface area contributed by atoms with Crippen LogP contribution in [-0.4, -0.2) is 23.4 Å². The maximum atomic E-state index is 13.0. The molecule has 0 aliphatic rings. The fourth-order valence-electron chi connectivity index (χ4n) is 2.75. The lowest BCUT2D eigenvalue weighted by molar-refractivity contribution is 0.584. The van der Waals surface area contributed by atoms with Crippen molar-refractivity contribution in [3.05, 3.63) is 72.9 Å². The first kappa shape index (κ1) is 18.0. The molecule has 9 heteroatoms. The molecule has 0 unspecified atom stereocenters. The highest BCUT2D eigenvalue weighted by Crippen LogP contribution is 2.26. The first-order valence-electron chi connectivity index (χ1n) is 8.18. The Balaban J connectivity index is 1.73. The molecule has 4 rings (SSSR count). The number of primary sulfonamides is 1. The average Bonchev–Trinajstić information content (AvgIpc) is 2.68. The molecule has 0 spiro atoms. The van der Waals surface area contributed by atoms with Gasteiger partial charge in [-0.1, -0.05) is 24.3 Å². The third-order valence-corrected chi connectivity index (χ3v) is 5.05. The zero-order chi connectivity index (χ0) is 19.7. The fraction of sp³-hybridized carbons (Fsp3) is 0. The topological polar surface area (TPSA) is 111 Å². The molecule has 2 heterocycles. The zero-order valence-corrected chi connectivity index (χ0v) is 15.2. The van der Waals surface area contributed by atoms with E-state index in [0.717, 1.165) is 16.5 Å². The minimum atomic E-state index is -3.90. The zero-order valence-electron chi connectivity index (χ0n) is 14.4. The molecule has 2 aromatic heterocycles. The molecule has 3 N–H and O–H groups in total. The van der Waals surface area contributed by atoms with E-state index in [4.69, 9.17) is 5.14 Å². The number of hydrogen-bond acceptors (Lipinski definition) is 6. The summed E-state index contributed by atoms with van der Waals surface area (Å²) in [5.74, 6) is -0.329. The van der Waals surface area contributed by atoms with Crippen molar-refractivity contribution in [2.45, 2.75) is 4.90 Å². The molecule has 0 aliphatic heterocycles. The summed E-state index contributed by atoms with van der Waals surface area (Å²) in [6.07, 6.45) is 3.07. The van der Waals surface area contributed by atoms with Crippen LogP contribution in [0.1, 0.15) is 0 Å². The van der Waals surface area contributed by atoms with Crippen LogP contribution in [0.3, 0.4) is 0 Å². The normalized spacial score (nSPS) is 11.5. The Hall–Kier alpha value is -3.43. The van der Waals surface area contributed by atoms with Gasteiger partial charge in [-0.15, -0.1) is 0 Å². The molecule has 0 bridgehead atoms. The van der Waals surface area contributed by atoms with E-state index in [-0.39, 0.29) is 16.5 Å². The Labute approximate surface area is 160 Å². The van der Waals surface area contributed by atoms with E-state index < -0.39 is 16.0 Å². The molecule has 0 atom stereocenters. The van der Waals surface area contributed by atoms with Crippen LogP contribution in [-0.2, 0) is 10.0 Å². The SMILES string of the molecule is NS(=O)(=O)c1ccccc1Nc1ncc2ccc(-c3ccc(F)nc3)cc2n1. The number of para-hydroxylation sites is 1. The van der Waals surface area contributed by atoms with Crippen LogP contribution in [0, 0.1) is 5.95 Å². The molecule has 140 valence electrons. The van der Waals surface area contributed by atoms with Crippen molar-refractivity contribution in [2.75, 3.05) is 5.32 Å². The molecule has 0 saturated carbocycles. The number of nitrogens with zero attached hydrogens (tertiary/aromatic N) is 3. The summed E-state index contributed by atoms with van der Waals surface area (Å²) >= 11 is 0. The van der Waals surface area contributed by atoms with Gasteiger partial charge in [0, 0.05) is 23.3 Å². The largest absolute Gasteiger partial charge is 0.323 e. The predicted octanol–water partition coefficient (Wildman–Crippen LogP) is 3.22. The third-order valence-electron chi connectivity index (χ3n) is 4.08. The lowest BCUT2D eigenvalue weighted by Gasteiger charge is -2.10. The summed E-state index contributed by atoms with van der Waals surface area (Å²) in [4.78, 5) is 12.3. The van der Waals surface area contributed by atoms with Crippen LogP contribution in [0.15, 0.2) is 71.9 Å². The van der Waals surface area contributed by atoms with Gasteiger partial charge in [0.1, 0.15) is 4.90 Å². The highest BCUT2D eigenvalue weighted by Gasteiger charge is 2.14. The summed E-state index contributed by atoms with van der Waals surface area (Å²) in [5, 5.41) is 8.95. The number of aromatic nitrogens is 3. The Kier molecular flexibility index (Phi) is 4.46. The lowest BCUT2D eigenvalue weighted by atomic mass is 10.1. The van der Waals surface area contributed by atoms with E-state index in [0.29, 0.717) is 5.52 Å². The minimum absolute atomic E-state index is 0.0511. The molecule has 0 aliphatic carbocycles. The quantitative estimate of drug-likeness (QED) is 0.513. The number of rotatable bonds is 4. The van der Waals surface area contributed by atoms with Crippen molar-refractivity contribution in [1.82, 2.24) is 15.0 Å². The highest BCUT2D eigenvalue weighted by atomic mass is 32.2. The molecule has 0 fully saturated rings. The Bertz CT molecular complexity index is 1280. The number of benzene rings is 2. The first-order chi connectivity index (χ1) is 13.4. The smallest absolute Gasteiger partial charge is 0.240 e. The Morgan fingerprint density at radius 1 is 0.929 bits per heavy atom. The number of sulfonamides is 1. The van der Waals surface area contributed by atoms with Gasteiger partial charge in [0.2, 0.25) is 21.9 Å². The van der Waals surface area contributed by atoms with Crippen LogP contribution < -0.4 is 10.5 Å². The number of nitrogens with one attached hydrogen (secondary N) is 1. The average molecular weight is 395 g/mol. The summed E-state index contributed by atoms with van der Waals surface area (Å²) < 4.78 is 36.5. The number of pyridine rings is 1. The molecule has 2 aromatic carbocycles. The molecule has 0 radical (unpaired) electrons. The molecular weight excluding hydrogens is 381 g/mol. The highest BCUT2D eigenvalue weighted by molar-refractivity contribution is 7.89. The van der Waals surface area contributed by atoms with Gasteiger partial charge in [-0.2, -0.15) is 4.39 Å². The Morgan fingerprint density at radius 2 is 1.71 bits per heavy atom. The van der Waals surface area contributed by atoms with E-state index in [2.05, 4.69) is 20.3 Å². The second-order valence-corrected chi connectivity index (χ2v) is 7.53. The fourth-order valence-corrected chi connectivity index (χ4v) is 3.44. The molecule has 4 aromatic rings. The van der Waals surface area contributed by atoms with E-state index in [1.807, 2.05) is 18.2 Å². The standard InChI is InChI=1S/C19H14FN5O2S/c20-18-8-7-13(10-22-18)12-5-6-14-11-23-19(25-16(14)9-12)24-15-3-1-2-4-17(15)28(21,26)27/h1-11H,(H2,21,26,27)(H,23,24,25). The lowest BCUT2D eigenvalue weighted by Crippen LogP contribution is -2.14. The summed E-state index contributed by atoms with van der Waals surface area (Å²) in [6.45, 7) is 0. The van der Waals surface area contributed by atoms with Crippen molar-refractivity contribution in [1.29, 1.82) is 0 Å². The van der Waals surface area contributed by atoms with Crippen molar-refractivity contribution in [3.8, 4) is 11.1 Å². The number of fused-ring (bicyclic) bond motifs is 1. The molecule has 28 heavy (non-hydrogen) atoms. The summed E-state index contributed by atoms with van der Waals surface area (Å²) in [5.41, 5.74) is 2.47. The van der Waals surface area contributed by atoms with Gasteiger partial charge in [0.15, 0.2) is 0 Å². The van der Waals surface area contributed by atoms with Crippen molar-refractivity contribution in [2.24, 2.45) is 5.14 Å². The van der Waals surface area contributed by atoms with Crippen LogP contribution in [0.2, 0.25) is 0 Å². The third kappa shape index (κ3) is 3.66. The van der Waals surface area contributed by atoms with Gasteiger partial charge in [-0.25, -0.2) is 28.5 Å². The van der Waals surface area contributed by atoms with E-state index in [1.165, 1.54) is 18.3 Å². The molecular formula is C19H14FN5O2S. The maximum Gasteiger partial charge on any atom is 0.240 e. The van der Waals surface area contributed by atoms with Crippen molar-refractivity contribution >= 4 is 32.6 Å². The van der Waals surface area contributed by atoms with Gasteiger partial charge in [0.05, 0.1) is 11.2 Å². The Morgan fingerprint density at radius 3 is 2.46 bits per heavy atom. The van der Waals surface area contributed by atoms with Crippen molar-refractivity contribution in [3.63, 3.8) is 0 Å². The number of anilines is 2. The number of nitrogens with two attached hydrogens (primary N) is 1. The molecule has 7 nitrogen and oxygen atoms in total. The van der Waals surface area contributed by atoms with Gasteiger partial charge >= 0.3 is 0 Å². The predicted molar refractivity (Wildman–Crippen MR) is 104 cm³/mol. The van der Waals surface area contributed by atoms with Crippen molar-refractivity contribution < 1.29 is 12.8 Å². The maximum absolute atomic E-state index is 13.0. The van der Waals surface area contributed by atoms with Gasteiger partial charge < -0.3 is 5.32 Å².